The van der Waals surface area contributed by atoms with Gasteiger partial charge in [0.25, 0.3) is 0 Å². The topological polar surface area (TPSA) is 151 Å². The molecule has 0 aliphatic heterocycles. The average molecular weight is 684 g/mol. The highest BCUT2D eigenvalue weighted by Gasteiger charge is 2.47. The number of nitrogens with one attached hydrogen (secondary N) is 4. The molecule has 2 heterocycles. The minimum atomic E-state index is -1.40. The van der Waals surface area contributed by atoms with E-state index >= 15 is 0 Å². The second-order valence-electron chi connectivity index (χ2n) is 12.3. The quantitative estimate of drug-likeness (QED) is 0.134. The zero-order valence-corrected chi connectivity index (χ0v) is 28.4. The van der Waals surface area contributed by atoms with Crippen molar-refractivity contribution in [3.8, 4) is 0 Å². The first-order valence-electron chi connectivity index (χ1n) is 15.9. The molecule has 1 aliphatic rings. The molecule has 4 aromatic rings. The molecule has 0 saturated carbocycles. The fourth-order valence-electron chi connectivity index (χ4n) is 6.02. The Morgan fingerprint density at radius 1 is 1.06 bits per heavy atom. The number of fused-ring (bicyclic) bond motifs is 3. The predicted octanol–water partition coefficient (Wildman–Crippen LogP) is 6.45. The molecule has 250 valence electrons. The van der Waals surface area contributed by atoms with Crippen LogP contribution >= 0.6 is 23.2 Å². The summed E-state index contributed by atoms with van der Waals surface area (Å²) in [6.07, 6.45) is 2.68. The molecule has 1 aliphatic carbocycles. The minimum Gasteiger partial charge on any atom is -0.445 e. The van der Waals surface area contributed by atoms with Gasteiger partial charge in [-0.05, 0) is 47.9 Å². The van der Waals surface area contributed by atoms with Crippen molar-refractivity contribution in [2.24, 2.45) is 11.8 Å². The summed E-state index contributed by atoms with van der Waals surface area (Å²) in [4.78, 5) is 45.1. The van der Waals surface area contributed by atoms with Gasteiger partial charge in [-0.3, -0.25) is 9.59 Å². The first-order valence-corrected chi connectivity index (χ1v) is 16.7. The minimum absolute atomic E-state index is 0.0501. The van der Waals surface area contributed by atoms with Crippen LogP contribution in [0.3, 0.4) is 0 Å². The van der Waals surface area contributed by atoms with E-state index in [1.807, 2.05) is 58.0 Å². The summed E-state index contributed by atoms with van der Waals surface area (Å²) in [5, 5.41) is 18.5. The summed E-state index contributed by atoms with van der Waals surface area (Å²) < 4.78 is 11.0. The number of nitrogens with zero attached hydrogens (tertiary/aromatic N) is 2. The van der Waals surface area contributed by atoms with Crippen molar-refractivity contribution in [2.75, 3.05) is 0 Å². The number of hydrogen-bond acceptors (Lipinski definition) is 7. The maximum Gasteiger partial charge on any atom is 0.408 e. The standard InChI is InChI=1S/C34H40Cl2N6O5/c1-5-19(3)27(40-33(45)46-17-21-10-8-7-9-11-21)30(43)41-34(32(44)39-28(20(4)6-2)31-42-37-18-47-31)13-12-26-24(16-34)23-14-22(35)15-25(36)29(23)38-26/h7-11,14-15,18-20,27-28,38H,5-6,12-13,16-17H2,1-4H3,(H,39,44)(H,40,45)(H,41,43)/t19?,20?,27?,28?,34-/m0/s1. The van der Waals surface area contributed by atoms with Crippen LogP contribution in [-0.2, 0) is 33.8 Å². The average Bonchev–Trinajstić information content (AvgIpc) is 3.73. The van der Waals surface area contributed by atoms with Crippen molar-refractivity contribution < 1.29 is 23.5 Å². The van der Waals surface area contributed by atoms with E-state index < -0.39 is 35.5 Å². The number of carbonyl (C=O) groups is 3. The van der Waals surface area contributed by atoms with Crippen LogP contribution < -0.4 is 16.0 Å². The molecule has 5 atom stereocenters. The largest absolute Gasteiger partial charge is 0.445 e. The Kier molecular flexibility index (Phi) is 10.8. The molecular formula is C34H40Cl2N6O5. The Morgan fingerprint density at radius 2 is 1.81 bits per heavy atom. The Bertz CT molecular complexity index is 1710. The number of rotatable bonds is 12. The fraction of sp³-hybridized carbons (Fsp3) is 0.441. The zero-order valence-electron chi connectivity index (χ0n) is 26.9. The fourth-order valence-corrected chi connectivity index (χ4v) is 6.56. The van der Waals surface area contributed by atoms with Crippen LogP contribution in [0.2, 0.25) is 10.0 Å². The molecule has 0 radical (unpaired) electrons. The molecule has 5 rings (SSSR count). The number of H-pyrrole nitrogens is 1. The van der Waals surface area contributed by atoms with Gasteiger partial charge < -0.3 is 30.1 Å². The lowest BCUT2D eigenvalue weighted by atomic mass is 9.78. The van der Waals surface area contributed by atoms with Crippen LogP contribution in [0, 0.1) is 11.8 Å². The number of alkyl carbamates (subject to hydrolysis) is 1. The van der Waals surface area contributed by atoms with Crippen LogP contribution in [0.5, 0.6) is 0 Å². The third-order valence-corrected chi connectivity index (χ3v) is 9.74. The van der Waals surface area contributed by atoms with Crippen molar-refractivity contribution in [3.05, 3.63) is 81.6 Å². The third kappa shape index (κ3) is 7.57. The number of halogens is 2. The number of ether oxygens (including phenoxy) is 1. The summed E-state index contributed by atoms with van der Waals surface area (Å²) >= 11 is 12.9. The lowest BCUT2D eigenvalue weighted by molar-refractivity contribution is -0.136. The summed E-state index contributed by atoms with van der Waals surface area (Å²) in [6, 6.07) is 11.2. The van der Waals surface area contributed by atoms with Gasteiger partial charge in [0.2, 0.25) is 24.1 Å². The molecule has 47 heavy (non-hydrogen) atoms. The maximum atomic E-state index is 14.5. The number of aryl methyl sites for hydroxylation is 1. The Balaban J connectivity index is 1.47. The lowest BCUT2D eigenvalue weighted by Crippen LogP contribution is -2.65. The van der Waals surface area contributed by atoms with E-state index in [2.05, 4.69) is 31.1 Å². The molecule has 4 N–H and O–H groups in total. The molecule has 4 unspecified atom stereocenters. The summed E-state index contributed by atoms with van der Waals surface area (Å²) in [5.74, 6) is -0.946. The van der Waals surface area contributed by atoms with Crippen molar-refractivity contribution in [1.29, 1.82) is 0 Å². The van der Waals surface area contributed by atoms with Gasteiger partial charge >= 0.3 is 6.09 Å². The SMILES string of the molecule is CCC(C)C(NC(=O)OCc1ccccc1)C(=O)N[C@@]1(C(=O)NC(c2nnco2)C(C)CC)CCc2[nH]c3c(Cl)cc(Cl)cc3c2C1. The van der Waals surface area contributed by atoms with Crippen LogP contribution in [0.4, 0.5) is 4.79 Å². The van der Waals surface area contributed by atoms with Gasteiger partial charge in [-0.15, -0.1) is 10.2 Å². The van der Waals surface area contributed by atoms with Crippen LogP contribution in [0.15, 0.2) is 53.3 Å². The van der Waals surface area contributed by atoms with E-state index in [-0.39, 0.29) is 37.2 Å². The predicted molar refractivity (Wildman–Crippen MR) is 179 cm³/mol. The van der Waals surface area contributed by atoms with Gasteiger partial charge in [0, 0.05) is 22.5 Å². The number of benzene rings is 2. The molecular weight excluding hydrogens is 643 g/mol. The van der Waals surface area contributed by atoms with Crippen LogP contribution in [0.1, 0.15) is 75.7 Å². The molecule has 0 bridgehead atoms. The molecule has 2 aromatic carbocycles. The Hall–Kier alpha value is -4.09. The molecule has 11 nitrogen and oxygen atoms in total. The van der Waals surface area contributed by atoms with Crippen LogP contribution in [0.25, 0.3) is 10.9 Å². The lowest BCUT2D eigenvalue weighted by Gasteiger charge is -2.39. The number of carbonyl (C=O) groups excluding carboxylic acids is 3. The van der Waals surface area contributed by atoms with E-state index in [0.29, 0.717) is 28.4 Å². The number of aromatic amines is 1. The normalized spacial score (nSPS) is 18.4. The second kappa shape index (κ2) is 14.8. The van der Waals surface area contributed by atoms with Gasteiger partial charge in [0.05, 0.1) is 10.5 Å². The molecule has 0 spiro atoms. The van der Waals surface area contributed by atoms with Crippen LogP contribution in [-0.4, -0.2) is 44.7 Å². The van der Waals surface area contributed by atoms with Crippen molar-refractivity contribution in [1.82, 2.24) is 31.1 Å². The number of aromatic nitrogens is 3. The van der Waals surface area contributed by atoms with E-state index in [1.54, 1.807) is 12.1 Å². The monoisotopic (exact) mass is 682 g/mol. The highest BCUT2D eigenvalue weighted by Crippen LogP contribution is 2.39. The van der Waals surface area contributed by atoms with Gasteiger partial charge in [-0.25, -0.2) is 4.79 Å². The van der Waals surface area contributed by atoms with Gasteiger partial charge in [0.1, 0.15) is 24.2 Å². The van der Waals surface area contributed by atoms with Gasteiger partial charge in [0.15, 0.2) is 0 Å². The van der Waals surface area contributed by atoms with Crippen molar-refractivity contribution in [2.45, 2.75) is 84.0 Å². The molecule has 13 heteroatoms. The Labute approximate surface area is 283 Å². The zero-order chi connectivity index (χ0) is 33.7. The third-order valence-electron chi connectivity index (χ3n) is 9.22. The summed E-state index contributed by atoms with van der Waals surface area (Å²) in [6.45, 7) is 7.83. The first-order chi connectivity index (χ1) is 22.5. The number of amides is 3. The second-order valence-corrected chi connectivity index (χ2v) is 13.2. The van der Waals surface area contributed by atoms with E-state index in [9.17, 15) is 14.4 Å². The number of hydrogen-bond donors (Lipinski definition) is 4. The van der Waals surface area contributed by atoms with Crippen molar-refractivity contribution in [3.63, 3.8) is 0 Å². The van der Waals surface area contributed by atoms with E-state index in [4.69, 9.17) is 32.4 Å². The summed E-state index contributed by atoms with van der Waals surface area (Å²) in [5.41, 5.74) is 1.88. The van der Waals surface area contributed by atoms with Crippen molar-refractivity contribution >= 4 is 52.0 Å². The molecule has 3 amide bonds. The molecule has 0 fully saturated rings. The van der Waals surface area contributed by atoms with E-state index in [0.717, 1.165) is 28.6 Å². The Morgan fingerprint density at radius 3 is 2.49 bits per heavy atom. The summed E-state index contributed by atoms with van der Waals surface area (Å²) in [7, 11) is 0. The molecule has 0 saturated heterocycles. The van der Waals surface area contributed by atoms with E-state index in [1.165, 1.54) is 6.39 Å². The van der Waals surface area contributed by atoms with Gasteiger partial charge in [-0.1, -0.05) is 94.1 Å². The maximum absolute atomic E-state index is 14.5. The highest BCUT2D eigenvalue weighted by atomic mass is 35.5. The smallest absolute Gasteiger partial charge is 0.408 e. The highest BCUT2D eigenvalue weighted by molar-refractivity contribution is 6.38. The first kappa shape index (κ1) is 34.3. The molecule has 2 aromatic heterocycles. The van der Waals surface area contributed by atoms with Gasteiger partial charge in [-0.2, -0.15) is 0 Å².